The maximum absolute atomic E-state index is 5.08. The summed E-state index contributed by atoms with van der Waals surface area (Å²) in [5, 5.41) is 1.28. The van der Waals surface area contributed by atoms with Crippen molar-refractivity contribution < 1.29 is 0 Å². The Morgan fingerprint density at radius 1 is 1.04 bits per heavy atom. The summed E-state index contributed by atoms with van der Waals surface area (Å²) in [6.45, 7) is 2.36. The van der Waals surface area contributed by atoms with Gasteiger partial charge in [0.2, 0.25) is 0 Å². The van der Waals surface area contributed by atoms with Crippen LogP contribution >= 0.6 is 0 Å². The van der Waals surface area contributed by atoms with Gasteiger partial charge >= 0.3 is 0 Å². The standard InChI is InChI=1S/C23H24N2/c1-25-12-11-23(19-8-3-2-4-9-19)15-22-18(14-20(23)16-25)13-17-7-5-6-10-21(17)24-22/h2-10,13,20H,11-12,14-16H2,1H3/t20-,23-/m0/s1. The second-order valence-corrected chi connectivity index (χ2v) is 7.90. The number of pyridine rings is 1. The molecule has 2 atom stereocenters. The fraction of sp³-hybridized carbons (Fsp3) is 0.348. The van der Waals surface area contributed by atoms with E-state index in [2.05, 4.69) is 72.6 Å². The van der Waals surface area contributed by atoms with Crippen molar-refractivity contribution >= 4 is 10.9 Å². The zero-order valence-corrected chi connectivity index (χ0v) is 14.8. The highest BCUT2D eigenvalue weighted by Crippen LogP contribution is 2.47. The van der Waals surface area contributed by atoms with Crippen LogP contribution in [-0.4, -0.2) is 30.0 Å². The van der Waals surface area contributed by atoms with E-state index in [0.717, 1.165) is 18.4 Å². The van der Waals surface area contributed by atoms with E-state index in [-0.39, 0.29) is 5.41 Å². The number of piperidine rings is 1. The van der Waals surface area contributed by atoms with Gasteiger partial charge in [0.1, 0.15) is 0 Å². The number of para-hydroxylation sites is 1. The molecule has 1 saturated heterocycles. The molecule has 0 unspecified atom stereocenters. The summed E-state index contributed by atoms with van der Waals surface area (Å²) < 4.78 is 0. The quantitative estimate of drug-likeness (QED) is 0.665. The van der Waals surface area contributed by atoms with E-state index < -0.39 is 0 Å². The minimum Gasteiger partial charge on any atom is -0.306 e. The van der Waals surface area contributed by atoms with Gasteiger partial charge in [-0.15, -0.1) is 0 Å². The maximum atomic E-state index is 5.08. The lowest BCUT2D eigenvalue weighted by molar-refractivity contribution is 0.0989. The van der Waals surface area contributed by atoms with Crippen LogP contribution in [0.5, 0.6) is 0 Å². The van der Waals surface area contributed by atoms with E-state index >= 15 is 0 Å². The molecule has 1 aromatic heterocycles. The largest absolute Gasteiger partial charge is 0.306 e. The molecular formula is C23H24N2. The third-order valence-corrected chi connectivity index (χ3v) is 6.44. The van der Waals surface area contributed by atoms with Gasteiger partial charge in [0, 0.05) is 29.5 Å². The van der Waals surface area contributed by atoms with Crippen molar-refractivity contribution in [2.75, 3.05) is 20.1 Å². The third kappa shape index (κ3) is 2.39. The third-order valence-electron chi connectivity index (χ3n) is 6.44. The van der Waals surface area contributed by atoms with Gasteiger partial charge in [-0.1, -0.05) is 48.5 Å². The molecule has 2 heteroatoms. The van der Waals surface area contributed by atoms with Crippen LogP contribution in [0.3, 0.4) is 0 Å². The first kappa shape index (κ1) is 15.1. The molecule has 1 aliphatic heterocycles. The predicted molar refractivity (Wildman–Crippen MR) is 103 cm³/mol. The van der Waals surface area contributed by atoms with E-state index in [1.165, 1.54) is 41.7 Å². The van der Waals surface area contributed by atoms with E-state index in [1.54, 1.807) is 0 Å². The predicted octanol–water partition coefficient (Wildman–Crippen LogP) is 4.22. The van der Waals surface area contributed by atoms with Crippen molar-refractivity contribution in [1.29, 1.82) is 0 Å². The molecule has 126 valence electrons. The highest BCUT2D eigenvalue weighted by Gasteiger charge is 2.46. The number of benzene rings is 2. The molecule has 0 radical (unpaired) electrons. The minimum atomic E-state index is 0.246. The van der Waals surface area contributed by atoms with Crippen molar-refractivity contribution in [3.63, 3.8) is 0 Å². The Kier molecular flexibility index (Phi) is 3.42. The Morgan fingerprint density at radius 3 is 2.72 bits per heavy atom. The minimum absolute atomic E-state index is 0.246. The van der Waals surface area contributed by atoms with Gasteiger partial charge in [-0.25, -0.2) is 0 Å². The Labute approximate surface area is 149 Å². The summed E-state index contributed by atoms with van der Waals surface area (Å²) in [4.78, 5) is 7.59. The molecule has 2 nitrogen and oxygen atoms in total. The molecular weight excluding hydrogens is 304 g/mol. The lowest BCUT2D eigenvalue weighted by Crippen LogP contribution is -2.53. The number of rotatable bonds is 1. The first-order chi connectivity index (χ1) is 12.2. The van der Waals surface area contributed by atoms with Crippen LogP contribution < -0.4 is 0 Å². The molecule has 0 spiro atoms. The molecule has 0 amide bonds. The number of nitrogens with zero attached hydrogens (tertiary/aromatic N) is 2. The zero-order chi connectivity index (χ0) is 16.9. The molecule has 25 heavy (non-hydrogen) atoms. The fourth-order valence-electron chi connectivity index (χ4n) is 5.08. The van der Waals surface area contributed by atoms with Crippen LogP contribution in [0.2, 0.25) is 0 Å². The summed E-state index contributed by atoms with van der Waals surface area (Å²) in [6.07, 6.45) is 3.45. The molecule has 1 aliphatic carbocycles. The SMILES string of the molecule is CN1CC[C@@]2(c3ccccc3)Cc3nc4ccccc4cc3C[C@H]2C1. The molecule has 3 aromatic rings. The lowest BCUT2D eigenvalue weighted by atomic mass is 9.58. The normalized spacial score (nSPS) is 26.2. The molecule has 2 aliphatic rings. The van der Waals surface area contributed by atoms with Crippen molar-refractivity contribution in [2.24, 2.45) is 5.92 Å². The van der Waals surface area contributed by atoms with Crippen LogP contribution in [0, 0.1) is 5.92 Å². The average Bonchev–Trinajstić information content (AvgIpc) is 2.65. The Bertz CT molecular complexity index is 918. The summed E-state index contributed by atoms with van der Waals surface area (Å²) in [6, 6.07) is 22.1. The van der Waals surface area contributed by atoms with Crippen LogP contribution in [0.1, 0.15) is 23.2 Å². The molecule has 0 bridgehead atoms. The molecule has 0 N–H and O–H groups in total. The number of likely N-dealkylation sites (tertiary alicyclic amines) is 1. The van der Waals surface area contributed by atoms with Crippen molar-refractivity contribution in [3.05, 3.63) is 77.5 Å². The molecule has 2 heterocycles. The highest BCUT2D eigenvalue weighted by molar-refractivity contribution is 5.79. The molecule has 2 aromatic carbocycles. The Hall–Kier alpha value is -2.19. The topological polar surface area (TPSA) is 16.1 Å². The summed E-state index contributed by atoms with van der Waals surface area (Å²) in [5.41, 5.74) is 5.68. The van der Waals surface area contributed by atoms with E-state index in [1.807, 2.05) is 0 Å². The van der Waals surface area contributed by atoms with Crippen molar-refractivity contribution in [3.8, 4) is 0 Å². The van der Waals surface area contributed by atoms with Gasteiger partial charge in [-0.3, -0.25) is 4.98 Å². The summed E-state index contributed by atoms with van der Waals surface area (Å²) in [5.74, 6) is 0.670. The van der Waals surface area contributed by atoms with Gasteiger partial charge in [0.15, 0.2) is 0 Å². The van der Waals surface area contributed by atoms with Gasteiger partial charge in [0.05, 0.1) is 5.52 Å². The van der Waals surface area contributed by atoms with Gasteiger partial charge in [-0.2, -0.15) is 0 Å². The van der Waals surface area contributed by atoms with Gasteiger partial charge < -0.3 is 4.90 Å². The number of hydrogen-bond acceptors (Lipinski definition) is 2. The van der Waals surface area contributed by atoms with Gasteiger partial charge in [0.25, 0.3) is 0 Å². The number of hydrogen-bond donors (Lipinski definition) is 0. The van der Waals surface area contributed by atoms with Crippen LogP contribution in [0.15, 0.2) is 60.7 Å². The number of aromatic nitrogens is 1. The first-order valence-corrected chi connectivity index (χ1v) is 9.36. The first-order valence-electron chi connectivity index (χ1n) is 9.36. The van der Waals surface area contributed by atoms with Crippen molar-refractivity contribution in [1.82, 2.24) is 9.88 Å². The summed E-state index contributed by atoms with van der Waals surface area (Å²) in [7, 11) is 2.27. The Balaban J connectivity index is 1.66. The lowest BCUT2D eigenvalue weighted by Gasteiger charge is -2.50. The van der Waals surface area contributed by atoms with Crippen LogP contribution in [-0.2, 0) is 18.3 Å². The molecule has 0 saturated carbocycles. The van der Waals surface area contributed by atoms with Gasteiger partial charge in [-0.05, 0) is 55.6 Å². The fourth-order valence-corrected chi connectivity index (χ4v) is 5.08. The van der Waals surface area contributed by atoms with E-state index in [0.29, 0.717) is 5.92 Å². The van der Waals surface area contributed by atoms with Crippen LogP contribution in [0.25, 0.3) is 10.9 Å². The van der Waals surface area contributed by atoms with E-state index in [9.17, 15) is 0 Å². The maximum Gasteiger partial charge on any atom is 0.0705 e. The monoisotopic (exact) mass is 328 g/mol. The van der Waals surface area contributed by atoms with E-state index in [4.69, 9.17) is 4.98 Å². The second-order valence-electron chi connectivity index (χ2n) is 7.90. The highest BCUT2D eigenvalue weighted by atomic mass is 15.1. The molecule has 1 fully saturated rings. The zero-order valence-electron chi connectivity index (χ0n) is 14.8. The summed E-state index contributed by atoms with van der Waals surface area (Å²) >= 11 is 0. The Morgan fingerprint density at radius 2 is 1.84 bits per heavy atom. The van der Waals surface area contributed by atoms with Crippen molar-refractivity contribution in [2.45, 2.75) is 24.7 Å². The average molecular weight is 328 g/mol. The molecule has 5 rings (SSSR count). The second kappa shape index (κ2) is 5.67. The van der Waals surface area contributed by atoms with Crippen LogP contribution in [0.4, 0.5) is 0 Å². The smallest absolute Gasteiger partial charge is 0.0705 e. The number of fused-ring (bicyclic) bond motifs is 3.